The number of allylic oxidation sites excluding steroid dienone is 1. The van der Waals surface area contributed by atoms with Crippen molar-refractivity contribution < 1.29 is 14.6 Å². The van der Waals surface area contributed by atoms with Crippen molar-refractivity contribution in [2.75, 3.05) is 12.0 Å². The first-order valence-electron chi connectivity index (χ1n) is 9.18. The van der Waals surface area contributed by atoms with Crippen LogP contribution in [-0.2, 0) is 11.2 Å². The average Bonchev–Trinajstić information content (AvgIpc) is 2.75. The Hall–Kier alpha value is -3.53. The third-order valence-corrected chi connectivity index (χ3v) is 5.00. The van der Waals surface area contributed by atoms with Gasteiger partial charge in [0, 0.05) is 17.5 Å². The topological polar surface area (TPSA) is 49.8 Å². The summed E-state index contributed by atoms with van der Waals surface area (Å²) in [5.41, 5.74) is 4.53. The molecule has 0 spiro atoms. The third kappa shape index (κ3) is 3.25. The fourth-order valence-electron chi connectivity index (χ4n) is 3.68. The minimum atomic E-state index is -0.899. The molecule has 1 aliphatic rings. The molecule has 4 nitrogen and oxygen atoms in total. The van der Waals surface area contributed by atoms with E-state index in [1.807, 2.05) is 83.8 Å². The number of nitrogens with zero attached hydrogens (tertiary/aromatic N) is 1. The maximum absolute atomic E-state index is 12.4. The molecule has 0 amide bonds. The van der Waals surface area contributed by atoms with E-state index in [-0.39, 0.29) is 0 Å². The second-order valence-electron chi connectivity index (χ2n) is 6.68. The Morgan fingerprint density at radius 2 is 1.68 bits per heavy atom. The molecular weight excluding hydrogens is 350 g/mol. The predicted molar refractivity (Wildman–Crippen MR) is 110 cm³/mol. The number of methoxy groups -OCH3 is 1. The number of carboxylic acid groups (broad SMARTS) is 1. The molecule has 3 aromatic rings. The summed E-state index contributed by atoms with van der Waals surface area (Å²) >= 11 is 0. The fourth-order valence-corrected chi connectivity index (χ4v) is 3.68. The number of rotatable bonds is 5. The Kier molecular flexibility index (Phi) is 4.85. The van der Waals surface area contributed by atoms with Crippen molar-refractivity contribution in [3.8, 4) is 5.75 Å². The summed E-state index contributed by atoms with van der Waals surface area (Å²) in [5, 5.41) is 10.2. The summed E-state index contributed by atoms with van der Waals surface area (Å²) < 4.78 is 5.42. The standard InChI is InChI=1S/C24H21NO3/c1-28-20-14-12-18-13-15-21(17-8-4-2-5-9-17)25(22(18)16-20)23(24(26)27)19-10-6-3-7-11-19/h2-12,14-16,23H,13H2,1H3,(H,26,27)/t23-/m1/s1. The summed E-state index contributed by atoms with van der Waals surface area (Å²) in [4.78, 5) is 14.4. The lowest BCUT2D eigenvalue weighted by Crippen LogP contribution is -2.35. The van der Waals surface area contributed by atoms with Crippen LogP contribution in [-0.4, -0.2) is 18.2 Å². The smallest absolute Gasteiger partial charge is 0.331 e. The first-order valence-corrected chi connectivity index (χ1v) is 9.18. The number of carboxylic acids is 1. The zero-order valence-electron chi connectivity index (χ0n) is 15.6. The lowest BCUT2D eigenvalue weighted by molar-refractivity contribution is -0.138. The van der Waals surface area contributed by atoms with Gasteiger partial charge in [-0.3, -0.25) is 0 Å². The van der Waals surface area contributed by atoms with Crippen molar-refractivity contribution in [2.24, 2.45) is 0 Å². The van der Waals surface area contributed by atoms with Gasteiger partial charge in [-0.25, -0.2) is 4.79 Å². The van der Waals surface area contributed by atoms with Gasteiger partial charge in [-0.1, -0.05) is 72.8 Å². The van der Waals surface area contributed by atoms with E-state index in [9.17, 15) is 9.90 Å². The van der Waals surface area contributed by atoms with Crippen molar-refractivity contribution in [1.29, 1.82) is 0 Å². The highest BCUT2D eigenvalue weighted by Gasteiger charge is 2.34. The lowest BCUT2D eigenvalue weighted by Gasteiger charge is -2.37. The van der Waals surface area contributed by atoms with Gasteiger partial charge in [0.05, 0.1) is 7.11 Å². The molecular formula is C24H21NO3. The van der Waals surface area contributed by atoms with Crippen LogP contribution < -0.4 is 9.64 Å². The number of ether oxygens (including phenoxy) is 1. The van der Waals surface area contributed by atoms with Gasteiger partial charge in [-0.15, -0.1) is 0 Å². The molecule has 0 aromatic heterocycles. The first-order chi connectivity index (χ1) is 13.7. The summed E-state index contributed by atoms with van der Waals surface area (Å²) in [6, 6.07) is 24.2. The molecule has 4 heteroatoms. The second kappa shape index (κ2) is 7.61. The van der Waals surface area contributed by atoms with Crippen LogP contribution in [0.2, 0.25) is 0 Å². The second-order valence-corrected chi connectivity index (χ2v) is 6.68. The number of hydrogen-bond donors (Lipinski definition) is 1. The van der Waals surface area contributed by atoms with Crippen LogP contribution in [0.4, 0.5) is 5.69 Å². The number of fused-ring (bicyclic) bond motifs is 1. The maximum Gasteiger partial charge on any atom is 0.331 e. The molecule has 28 heavy (non-hydrogen) atoms. The average molecular weight is 371 g/mol. The van der Waals surface area contributed by atoms with Crippen molar-refractivity contribution >= 4 is 17.4 Å². The van der Waals surface area contributed by atoms with Gasteiger partial charge in [0.15, 0.2) is 6.04 Å². The molecule has 0 fully saturated rings. The summed E-state index contributed by atoms with van der Waals surface area (Å²) in [7, 11) is 1.62. The molecule has 0 saturated carbocycles. The van der Waals surface area contributed by atoms with Crippen LogP contribution >= 0.6 is 0 Å². The lowest BCUT2D eigenvalue weighted by atomic mass is 9.94. The molecule has 1 N–H and O–H groups in total. The number of anilines is 1. The van der Waals surface area contributed by atoms with E-state index >= 15 is 0 Å². The van der Waals surface area contributed by atoms with E-state index in [1.54, 1.807) is 7.11 Å². The fraction of sp³-hybridized carbons (Fsp3) is 0.125. The number of aliphatic carboxylic acids is 1. The van der Waals surface area contributed by atoms with Crippen molar-refractivity contribution in [2.45, 2.75) is 12.5 Å². The molecule has 1 aliphatic heterocycles. The highest BCUT2D eigenvalue weighted by Crippen LogP contribution is 2.42. The van der Waals surface area contributed by atoms with Crippen LogP contribution in [0.5, 0.6) is 5.75 Å². The SMILES string of the molecule is COc1ccc2c(c1)N([C@@H](C(=O)O)c1ccccc1)C(c1ccccc1)=CC2. The number of benzene rings is 3. The zero-order chi connectivity index (χ0) is 19.5. The van der Waals surface area contributed by atoms with Crippen molar-refractivity contribution in [1.82, 2.24) is 0 Å². The van der Waals surface area contributed by atoms with E-state index in [2.05, 4.69) is 6.08 Å². The van der Waals surface area contributed by atoms with E-state index in [0.29, 0.717) is 5.75 Å². The number of carbonyl (C=O) groups is 1. The van der Waals surface area contributed by atoms with Crippen LogP contribution in [0.1, 0.15) is 22.7 Å². The van der Waals surface area contributed by atoms with Gasteiger partial charge >= 0.3 is 5.97 Å². The molecule has 1 atom stereocenters. The van der Waals surface area contributed by atoms with E-state index in [1.165, 1.54) is 0 Å². The Morgan fingerprint density at radius 3 is 2.32 bits per heavy atom. The molecule has 3 aromatic carbocycles. The van der Waals surface area contributed by atoms with Crippen molar-refractivity contribution in [3.05, 3.63) is 102 Å². The van der Waals surface area contributed by atoms with E-state index in [0.717, 1.165) is 34.5 Å². The van der Waals surface area contributed by atoms with Gasteiger partial charge in [-0.2, -0.15) is 0 Å². The quantitative estimate of drug-likeness (QED) is 0.691. The Balaban J connectivity index is 1.93. The molecule has 4 rings (SSSR count). The molecule has 0 aliphatic carbocycles. The zero-order valence-corrected chi connectivity index (χ0v) is 15.6. The van der Waals surface area contributed by atoms with E-state index in [4.69, 9.17) is 4.74 Å². The predicted octanol–water partition coefficient (Wildman–Crippen LogP) is 4.92. The molecule has 140 valence electrons. The minimum Gasteiger partial charge on any atom is -0.497 e. The summed E-state index contributed by atoms with van der Waals surface area (Å²) in [6.07, 6.45) is 2.84. The highest BCUT2D eigenvalue weighted by molar-refractivity contribution is 5.92. The van der Waals surface area contributed by atoms with Gasteiger partial charge in [0.1, 0.15) is 5.75 Å². The van der Waals surface area contributed by atoms with Crippen molar-refractivity contribution in [3.63, 3.8) is 0 Å². The minimum absolute atomic E-state index is 0.704. The van der Waals surface area contributed by atoms with Crippen LogP contribution in [0, 0.1) is 0 Å². The van der Waals surface area contributed by atoms with E-state index < -0.39 is 12.0 Å². The number of hydrogen-bond acceptors (Lipinski definition) is 3. The Bertz CT molecular complexity index is 1010. The van der Waals surface area contributed by atoms with Gasteiger partial charge in [0.25, 0.3) is 0 Å². The van der Waals surface area contributed by atoms with Gasteiger partial charge < -0.3 is 14.7 Å². The Morgan fingerprint density at radius 1 is 1.00 bits per heavy atom. The van der Waals surface area contributed by atoms with Gasteiger partial charge in [-0.05, 0) is 29.2 Å². The summed E-state index contributed by atoms with van der Waals surface area (Å²) in [5.74, 6) is -0.195. The molecule has 0 saturated heterocycles. The normalized spacial score (nSPS) is 14.0. The molecule has 0 unspecified atom stereocenters. The monoisotopic (exact) mass is 371 g/mol. The Labute approximate surface area is 164 Å². The van der Waals surface area contributed by atoms with Crippen LogP contribution in [0.3, 0.4) is 0 Å². The molecule has 0 bridgehead atoms. The van der Waals surface area contributed by atoms with Crippen LogP contribution in [0.15, 0.2) is 84.9 Å². The first kappa shape index (κ1) is 17.9. The largest absolute Gasteiger partial charge is 0.497 e. The highest BCUT2D eigenvalue weighted by atomic mass is 16.5. The maximum atomic E-state index is 12.4. The summed E-state index contributed by atoms with van der Waals surface area (Å²) in [6.45, 7) is 0. The van der Waals surface area contributed by atoms with Crippen LogP contribution in [0.25, 0.3) is 5.70 Å². The third-order valence-electron chi connectivity index (χ3n) is 5.00. The molecule has 0 radical (unpaired) electrons. The van der Waals surface area contributed by atoms with Gasteiger partial charge in [0.2, 0.25) is 0 Å². The molecule has 1 heterocycles.